The lowest BCUT2D eigenvalue weighted by Crippen LogP contribution is -2.45. The van der Waals surface area contributed by atoms with Gasteiger partial charge in [-0.25, -0.2) is 9.78 Å². The second-order valence-corrected chi connectivity index (χ2v) is 7.02. The minimum Gasteiger partial charge on any atom is -0.468 e. The van der Waals surface area contributed by atoms with Crippen LogP contribution in [-0.4, -0.2) is 62.0 Å². The van der Waals surface area contributed by atoms with Crippen LogP contribution in [0.5, 0.6) is 0 Å². The largest absolute Gasteiger partial charge is 0.468 e. The summed E-state index contributed by atoms with van der Waals surface area (Å²) < 4.78 is 14.4. The normalized spacial score (nSPS) is 20.9. The lowest BCUT2D eigenvalue weighted by atomic mass is 10.2. The Morgan fingerprint density at radius 2 is 1.81 bits per heavy atom. The van der Waals surface area contributed by atoms with E-state index in [1.807, 2.05) is 13.8 Å². The highest BCUT2D eigenvalue weighted by atomic mass is 16.5. The number of hydrogen-bond acceptors (Lipinski definition) is 7. The highest BCUT2D eigenvalue weighted by Gasteiger charge is 2.26. The van der Waals surface area contributed by atoms with Crippen LogP contribution in [-0.2, 0) is 41.5 Å². The van der Waals surface area contributed by atoms with Crippen LogP contribution in [0.4, 0.5) is 0 Å². The molecule has 3 rings (SSSR count). The first-order valence-electron chi connectivity index (χ1n) is 8.82. The highest BCUT2D eigenvalue weighted by molar-refractivity contribution is 5.75. The Kier molecular flexibility index (Phi) is 5.20. The van der Waals surface area contributed by atoms with Crippen LogP contribution in [0.2, 0.25) is 0 Å². The average Bonchev–Trinajstić information content (AvgIpc) is 2.95. The van der Waals surface area contributed by atoms with Crippen molar-refractivity contribution in [3.8, 4) is 0 Å². The first-order chi connectivity index (χ1) is 12.7. The molecule has 1 fully saturated rings. The predicted octanol–water partition coefficient (Wildman–Crippen LogP) is -0.784. The first-order valence-corrected chi connectivity index (χ1v) is 8.82. The third kappa shape index (κ3) is 3.54. The zero-order valence-electron chi connectivity index (χ0n) is 16.3. The van der Waals surface area contributed by atoms with E-state index >= 15 is 0 Å². The molecule has 148 valence electrons. The van der Waals surface area contributed by atoms with Gasteiger partial charge in [0.05, 0.1) is 25.9 Å². The van der Waals surface area contributed by atoms with Crippen LogP contribution < -0.4 is 11.2 Å². The van der Waals surface area contributed by atoms with E-state index in [4.69, 9.17) is 9.47 Å². The number of rotatable bonds is 4. The van der Waals surface area contributed by atoms with E-state index < -0.39 is 17.2 Å². The number of nitrogens with zero attached hydrogens (tertiary/aromatic N) is 5. The molecule has 0 radical (unpaired) electrons. The third-order valence-electron chi connectivity index (χ3n) is 4.80. The van der Waals surface area contributed by atoms with Gasteiger partial charge in [0.1, 0.15) is 12.4 Å². The van der Waals surface area contributed by atoms with Crippen LogP contribution in [0.1, 0.15) is 19.7 Å². The van der Waals surface area contributed by atoms with Gasteiger partial charge in [-0.05, 0) is 13.8 Å². The molecule has 0 aromatic carbocycles. The molecule has 3 heterocycles. The quantitative estimate of drug-likeness (QED) is 0.642. The van der Waals surface area contributed by atoms with Crippen LogP contribution in [0.3, 0.4) is 0 Å². The number of morpholine rings is 1. The maximum absolute atomic E-state index is 12.7. The molecule has 10 heteroatoms. The number of carbonyl (C=O) groups is 1. The number of imidazole rings is 1. The van der Waals surface area contributed by atoms with E-state index in [0.717, 1.165) is 4.57 Å². The molecule has 1 aliphatic rings. The van der Waals surface area contributed by atoms with Crippen molar-refractivity contribution in [2.75, 3.05) is 20.2 Å². The van der Waals surface area contributed by atoms with Crippen LogP contribution in [0, 0.1) is 0 Å². The first kappa shape index (κ1) is 19.3. The van der Waals surface area contributed by atoms with Crippen LogP contribution >= 0.6 is 0 Å². The Bertz CT molecular complexity index is 978. The summed E-state index contributed by atoms with van der Waals surface area (Å²) in [6.07, 6.45) is 0.147. The summed E-state index contributed by atoms with van der Waals surface area (Å²) in [5.74, 6) is 0.0465. The number of carbonyl (C=O) groups excluding carboxylic acids is 1. The van der Waals surface area contributed by atoms with Crippen molar-refractivity contribution in [1.29, 1.82) is 0 Å². The Hall–Kier alpha value is -2.46. The fourth-order valence-corrected chi connectivity index (χ4v) is 3.59. The van der Waals surface area contributed by atoms with Gasteiger partial charge in [0.2, 0.25) is 0 Å². The minimum absolute atomic E-state index is 0.0735. The molecule has 2 aromatic rings. The smallest absolute Gasteiger partial charge is 0.332 e. The maximum atomic E-state index is 12.7. The summed E-state index contributed by atoms with van der Waals surface area (Å²) in [5.41, 5.74) is -0.472. The molecule has 0 bridgehead atoms. The minimum atomic E-state index is -0.491. The summed E-state index contributed by atoms with van der Waals surface area (Å²) in [6, 6.07) is 0. The van der Waals surface area contributed by atoms with Gasteiger partial charge in [-0.2, -0.15) is 0 Å². The molecule has 0 aliphatic carbocycles. The second-order valence-electron chi connectivity index (χ2n) is 7.02. The Labute approximate surface area is 155 Å². The van der Waals surface area contributed by atoms with Crippen LogP contribution in [0.15, 0.2) is 9.59 Å². The molecule has 2 aromatic heterocycles. The summed E-state index contributed by atoms with van der Waals surface area (Å²) >= 11 is 0. The topological polar surface area (TPSA) is 101 Å². The SMILES string of the molecule is COC(=O)Cn1c(CN2CC(C)OC(C)C2)nc2c1c(=O)n(C)c(=O)n2C. The van der Waals surface area contributed by atoms with Crippen molar-refractivity contribution in [2.24, 2.45) is 14.1 Å². The van der Waals surface area contributed by atoms with Crippen molar-refractivity contribution in [3.63, 3.8) is 0 Å². The lowest BCUT2D eigenvalue weighted by Gasteiger charge is -2.35. The number of aryl methyl sites for hydroxylation is 1. The average molecular weight is 379 g/mol. The van der Waals surface area contributed by atoms with Crippen molar-refractivity contribution >= 4 is 17.1 Å². The van der Waals surface area contributed by atoms with Crippen molar-refractivity contribution in [1.82, 2.24) is 23.6 Å². The predicted molar refractivity (Wildman–Crippen MR) is 97.5 cm³/mol. The number of methoxy groups -OCH3 is 1. The van der Waals surface area contributed by atoms with Gasteiger partial charge < -0.3 is 14.0 Å². The molecule has 0 spiro atoms. The lowest BCUT2D eigenvalue weighted by molar-refractivity contribution is -0.141. The van der Waals surface area contributed by atoms with Gasteiger partial charge in [0, 0.05) is 27.2 Å². The second kappa shape index (κ2) is 7.28. The Morgan fingerprint density at radius 1 is 1.19 bits per heavy atom. The van der Waals surface area contributed by atoms with Gasteiger partial charge in [-0.15, -0.1) is 0 Å². The van der Waals surface area contributed by atoms with E-state index in [1.165, 1.54) is 18.7 Å². The van der Waals surface area contributed by atoms with E-state index in [-0.39, 0.29) is 29.9 Å². The standard InChI is InChI=1S/C17H25N5O5/c1-10-6-21(7-11(2)27-10)8-12-18-15-14(22(12)9-13(23)26-5)16(24)20(4)17(25)19(15)3/h10-11H,6-9H2,1-5H3. The Balaban J connectivity index is 2.13. The number of aromatic nitrogens is 4. The molecule has 2 unspecified atom stereocenters. The molecular weight excluding hydrogens is 354 g/mol. The van der Waals surface area contributed by atoms with Crippen molar-refractivity contribution in [2.45, 2.75) is 39.1 Å². The highest BCUT2D eigenvalue weighted by Crippen LogP contribution is 2.17. The van der Waals surface area contributed by atoms with Crippen LogP contribution in [0.25, 0.3) is 11.2 Å². The zero-order chi connectivity index (χ0) is 19.9. The van der Waals surface area contributed by atoms with Crippen molar-refractivity contribution in [3.05, 3.63) is 26.7 Å². The number of hydrogen-bond donors (Lipinski definition) is 0. The van der Waals surface area contributed by atoms with Gasteiger partial charge in [-0.1, -0.05) is 0 Å². The van der Waals surface area contributed by atoms with E-state index in [9.17, 15) is 14.4 Å². The fourth-order valence-electron chi connectivity index (χ4n) is 3.59. The van der Waals surface area contributed by atoms with E-state index in [1.54, 1.807) is 11.6 Å². The van der Waals surface area contributed by atoms with Gasteiger partial charge in [-0.3, -0.25) is 23.6 Å². The zero-order valence-corrected chi connectivity index (χ0v) is 16.3. The van der Waals surface area contributed by atoms with E-state index in [0.29, 0.717) is 25.5 Å². The molecule has 2 atom stereocenters. The molecule has 1 saturated heterocycles. The molecule has 0 N–H and O–H groups in total. The third-order valence-corrected chi connectivity index (χ3v) is 4.80. The Morgan fingerprint density at radius 3 is 2.41 bits per heavy atom. The summed E-state index contributed by atoms with van der Waals surface area (Å²) in [5, 5.41) is 0. The summed E-state index contributed by atoms with van der Waals surface area (Å²) in [7, 11) is 4.26. The van der Waals surface area contributed by atoms with E-state index in [2.05, 4.69) is 9.88 Å². The molecule has 27 heavy (non-hydrogen) atoms. The monoisotopic (exact) mass is 379 g/mol. The molecule has 0 saturated carbocycles. The molecule has 0 amide bonds. The molecule has 1 aliphatic heterocycles. The molecule has 10 nitrogen and oxygen atoms in total. The fraction of sp³-hybridized carbons (Fsp3) is 0.647. The molecular formula is C17H25N5O5. The number of esters is 1. The van der Waals surface area contributed by atoms with Gasteiger partial charge in [0.25, 0.3) is 5.56 Å². The van der Waals surface area contributed by atoms with Gasteiger partial charge >= 0.3 is 11.7 Å². The number of ether oxygens (including phenoxy) is 2. The summed E-state index contributed by atoms with van der Waals surface area (Å²) in [4.78, 5) is 43.6. The van der Waals surface area contributed by atoms with Crippen molar-refractivity contribution < 1.29 is 14.3 Å². The number of fused-ring (bicyclic) bond motifs is 1. The van der Waals surface area contributed by atoms with Gasteiger partial charge in [0.15, 0.2) is 11.2 Å². The maximum Gasteiger partial charge on any atom is 0.332 e. The summed E-state index contributed by atoms with van der Waals surface area (Å²) in [6.45, 7) is 5.71.